The van der Waals surface area contributed by atoms with Gasteiger partial charge in [0.1, 0.15) is 11.4 Å². The highest BCUT2D eigenvalue weighted by Gasteiger charge is 2.15. The zero-order chi connectivity index (χ0) is 22.2. The first-order valence-corrected chi connectivity index (χ1v) is 10.9. The fourth-order valence-electron chi connectivity index (χ4n) is 3.07. The van der Waals surface area contributed by atoms with Crippen LogP contribution in [0, 0.1) is 13.8 Å². The molecule has 1 heterocycles. The van der Waals surface area contributed by atoms with E-state index in [1.165, 1.54) is 11.3 Å². The van der Waals surface area contributed by atoms with Gasteiger partial charge < -0.3 is 15.4 Å². The van der Waals surface area contributed by atoms with Crippen LogP contribution < -0.4 is 15.4 Å². The Bertz CT molecular complexity index is 1090. The molecule has 6 heteroatoms. The predicted octanol–water partition coefficient (Wildman–Crippen LogP) is 4.50. The molecule has 0 aliphatic heterocycles. The summed E-state index contributed by atoms with van der Waals surface area (Å²) in [4.78, 5) is 26.6. The molecule has 3 aromatic rings. The summed E-state index contributed by atoms with van der Waals surface area (Å²) >= 11 is 1.50. The number of hydrogen-bond donors (Lipinski definition) is 2. The number of amides is 2. The second kappa shape index (κ2) is 10.6. The third-order valence-electron chi connectivity index (χ3n) is 4.96. The lowest BCUT2D eigenvalue weighted by molar-refractivity contribution is -0.117. The van der Waals surface area contributed by atoms with Crippen molar-refractivity contribution in [2.75, 3.05) is 13.7 Å². The van der Waals surface area contributed by atoms with E-state index in [-0.39, 0.29) is 17.5 Å². The number of nitrogens with one attached hydrogen (secondary N) is 2. The third kappa shape index (κ3) is 6.06. The van der Waals surface area contributed by atoms with Crippen LogP contribution in [-0.2, 0) is 11.2 Å². The van der Waals surface area contributed by atoms with Gasteiger partial charge in [0, 0.05) is 17.0 Å². The minimum atomic E-state index is -0.333. The van der Waals surface area contributed by atoms with Crippen molar-refractivity contribution in [3.8, 4) is 5.75 Å². The molecule has 2 N–H and O–H groups in total. The summed E-state index contributed by atoms with van der Waals surface area (Å²) in [5.74, 6) is 0.139. The van der Waals surface area contributed by atoms with Crippen LogP contribution >= 0.6 is 11.3 Å². The number of carbonyl (C=O) groups is 2. The van der Waals surface area contributed by atoms with Gasteiger partial charge in [0.15, 0.2) is 0 Å². The summed E-state index contributed by atoms with van der Waals surface area (Å²) in [5.41, 5.74) is 3.87. The highest BCUT2D eigenvalue weighted by Crippen LogP contribution is 2.18. The van der Waals surface area contributed by atoms with E-state index >= 15 is 0 Å². The molecular weight excluding hydrogens is 408 g/mol. The summed E-state index contributed by atoms with van der Waals surface area (Å²) in [7, 11) is 1.63. The van der Waals surface area contributed by atoms with Crippen molar-refractivity contribution in [3.63, 3.8) is 0 Å². The molecule has 0 radical (unpaired) electrons. The maximum absolute atomic E-state index is 12.9. The highest BCUT2D eigenvalue weighted by molar-refractivity contribution is 7.10. The SMILES string of the molecule is COc1ccccc1CCNC(=O)/C(=C/c1cccs1)NC(=O)c1ccc(C)c(C)c1. The predicted molar refractivity (Wildman–Crippen MR) is 125 cm³/mol. The van der Waals surface area contributed by atoms with Gasteiger partial charge in [-0.15, -0.1) is 11.3 Å². The number of para-hydroxylation sites is 1. The van der Waals surface area contributed by atoms with Crippen LogP contribution in [0.3, 0.4) is 0 Å². The van der Waals surface area contributed by atoms with Crippen molar-refractivity contribution in [1.82, 2.24) is 10.6 Å². The van der Waals surface area contributed by atoms with Crippen LogP contribution in [0.25, 0.3) is 6.08 Å². The van der Waals surface area contributed by atoms with Crippen molar-refractivity contribution in [3.05, 3.63) is 92.8 Å². The molecule has 0 bridgehead atoms. The minimum Gasteiger partial charge on any atom is -0.496 e. The first-order valence-electron chi connectivity index (χ1n) is 10.0. The van der Waals surface area contributed by atoms with Crippen molar-refractivity contribution in [1.29, 1.82) is 0 Å². The number of carbonyl (C=O) groups excluding carboxylic acids is 2. The maximum atomic E-state index is 12.9. The second-order valence-corrected chi connectivity index (χ2v) is 8.12. The molecule has 31 heavy (non-hydrogen) atoms. The average Bonchev–Trinajstić information content (AvgIpc) is 3.28. The van der Waals surface area contributed by atoms with Gasteiger partial charge in [0.25, 0.3) is 11.8 Å². The van der Waals surface area contributed by atoms with Gasteiger partial charge in [-0.25, -0.2) is 0 Å². The third-order valence-corrected chi connectivity index (χ3v) is 5.78. The van der Waals surface area contributed by atoms with E-state index in [9.17, 15) is 9.59 Å². The number of benzene rings is 2. The van der Waals surface area contributed by atoms with Crippen LogP contribution in [0.5, 0.6) is 5.75 Å². The van der Waals surface area contributed by atoms with Crippen LogP contribution in [0.4, 0.5) is 0 Å². The van der Waals surface area contributed by atoms with Crippen LogP contribution in [-0.4, -0.2) is 25.5 Å². The van der Waals surface area contributed by atoms with Gasteiger partial charge in [-0.2, -0.15) is 0 Å². The monoisotopic (exact) mass is 434 g/mol. The van der Waals surface area contributed by atoms with Crippen molar-refractivity contribution in [2.45, 2.75) is 20.3 Å². The van der Waals surface area contributed by atoms with Crippen molar-refractivity contribution in [2.24, 2.45) is 0 Å². The van der Waals surface area contributed by atoms with Gasteiger partial charge in [-0.1, -0.05) is 30.3 Å². The van der Waals surface area contributed by atoms with E-state index in [0.29, 0.717) is 18.5 Å². The van der Waals surface area contributed by atoms with Crippen molar-refractivity contribution < 1.29 is 14.3 Å². The zero-order valence-corrected chi connectivity index (χ0v) is 18.7. The summed E-state index contributed by atoms with van der Waals surface area (Å²) in [5, 5.41) is 7.61. The number of methoxy groups -OCH3 is 1. The molecule has 0 aliphatic rings. The summed E-state index contributed by atoms with van der Waals surface area (Å²) in [6, 6.07) is 17.0. The molecule has 3 rings (SSSR count). The second-order valence-electron chi connectivity index (χ2n) is 7.14. The van der Waals surface area contributed by atoms with Gasteiger partial charge in [-0.05, 0) is 72.7 Å². The van der Waals surface area contributed by atoms with E-state index in [4.69, 9.17) is 4.74 Å². The Balaban J connectivity index is 1.71. The van der Waals surface area contributed by atoms with Gasteiger partial charge in [0.2, 0.25) is 0 Å². The Labute approximate surface area is 186 Å². The maximum Gasteiger partial charge on any atom is 0.267 e. The zero-order valence-electron chi connectivity index (χ0n) is 17.9. The van der Waals surface area contributed by atoms with Crippen LogP contribution in [0.1, 0.15) is 31.9 Å². The van der Waals surface area contributed by atoms with Gasteiger partial charge in [0.05, 0.1) is 7.11 Å². The number of rotatable bonds is 8. The molecule has 0 aliphatic carbocycles. The van der Waals surface area contributed by atoms with Gasteiger partial charge in [-0.3, -0.25) is 9.59 Å². The summed E-state index contributed by atoms with van der Waals surface area (Å²) < 4.78 is 5.36. The summed E-state index contributed by atoms with van der Waals surface area (Å²) in [6.45, 7) is 4.37. The molecule has 2 amide bonds. The lowest BCUT2D eigenvalue weighted by Gasteiger charge is -2.12. The molecule has 2 aromatic carbocycles. The van der Waals surface area contributed by atoms with E-state index in [1.807, 2.05) is 67.8 Å². The fourth-order valence-corrected chi connectivity index (χ4v) is 3.72. The van der Waals surface area contributed by atoms with E-state index < -0.39 is 0 Å². The number of hydrogen-bond acceptors (Lipinski definition) is 4. The van der Waals surface area contributed by atoms with Crippen LogP contribution in [0.15, 0.2) is 65.7 Å². The Kier molecular flexibility index (Phi) is 7.62. The average molecular weight is 435 g/mol. The molecule has 0 saturated heterocycles. The van der Waals surface area contributed by atoms with Gasteiger partial charge >= 0.3 is 0 Å². The lowest BCUT2D eigenvalue weighted by Crippen LogP contribution is -2.35. The first-order chi connectivity index (χ1) is 15.0. The molecule has 1 aromatic heterocycles. The molecule has 0 spiro atoms. The standard InChI is InChI=1S/C25H26N2O3S/c1-17-10-11-20(15-18(17)2)24(28)27-22(16-21-8-6-14-31-21)25(29)26-13-12-19-7-4-5-9-23(19)30-3/h4-11,14-16H,12-13H2,1-3H3,(H,26,29)(H,27,28)/b22-16-. The molecule has 0 fully saturated rings. The highest BCUT2D eigenvalue weighted by atomic mass is 32.1. The lowest BCUT2D eigenvalue weighted by atomic mass is 10.1. The largest absolute Gasteiger partial charge is 0.496 e. The molecule has 0 saturated carbocycles. The molecule has 5 nitrogen and oxygen atoms in total. The molecule has 160 valence electrons. The molecule has 0 atom stereocenters. The van der Waals surface area contributed by atoms with E-state index in [1.54, 1.807) is 19.3 Å². The smallest absolute Gasteiger partial charge is 0.267 e. The minimum absolute atomic E-state index is 0.214. The topological polar surface area (TPSA) is 67.4 Å². The van der Waals surface area contributed by atoms with Crippen molar-refractivity contribution >= 4 is 29.2 Å². The molecular formula is C25H26N2O3S. The Morgan fingerprint density at radius 3 is 2.55 bits per heavy atom. The number of thiophene rings is 1. The van der Waals surface area contributed by atoms with Crippen LogP contribution in [0.2, 0.25) is 0 Å². The Hall–Kier alpha value is -3.38. The number of ether oxygens (including phenoxy) is 1. The summed E-state index contributed by atoms with van der Waals surface area (Å²) in [6.07, 6.45) is 2.31. The van der Waals surface area contributed by atoms with E-state index in [2.05, 4.69) is 10.6 Å². The molecule has 0 unspecified atom stereocenters. The quantitative estimate of drug-likeness (QED) is 0.513. The fraction of sp³-hybridized carbons (Fsp3) is 0.200. The first kappa shape index (κ1) is 22.3. The van der Waals surface area contributed by atoms with E-state index in [0.717, 1.165) is 27.3 Å². The Morgan fingerprint density at radius 2 is 1.84 bits per heavy atom. The normalized spacial score (nSPS) is 11.1. The number of aryl methyl sites for hydroxylation is 2. The Morgan fingerprint density at radius 1 is 1.03 bits per heavy atom.